The zero-order chi connectivity index (χ0) is 16.6. The number of aromatic nitrogens is 1. The van der Waals surface area contributed by atoms with Gasteiger partial charge in [-0.1, -0.05) is 11.2 Å². The van der Waals surface area contributed by atoms with E-state index in [4.69, 9.17) is 9.26 Å². The van der Waals surface area contributed by atoms with Crippen LogP contribution in [0, 0.1) is 0 Å². The van der Waals surface area contributed by atoms with Crippen molar-refractivity contribution in [3.8, 4) is 17.1 Å². The number of hydrogen-bond acceptors (Lipinski definition) is 5. The molecule has 0 aliphatic heterocycles. The first-order valence-corrected chi connectivity index (χ1v) is 6.93. The van der Waals surface area contributed by atoms with Gasteiger partial charge in [-0.25, -0.2) is 4.79 Å². The molecular formula is C15H12F3NO4. The lowest BCUT2D eigenvalue weighted by Crippen LogP contribution is -2.17. The number of ether oxygens (including phenoxy) is 2. The van der Waals surface area contributed by atoms with E-state index in [1.807, 2.05) is 0 Å². The molecule has 0 saturated carbocycles. The number of halogens is 3. The molecule has 122 valence electrons. The molecule has 0 amide bonds. The monoisotopic (exact) mass is 327 g/mol. The van der Waals surface area contributed by atoms with Crippen molar-refractivity contribution in [2.75, 3.05) is 6.61 Å². The van der Waals surface area contributed by atoms with Crippen LogP contribution in [0.2, 0.25) is 0 Å². The quantitative estimate of drug-likeness (QED) is 0.807. The molecule has 0 saturated heterocycles. The molecule has 2 aromatic rings. The van der Waals surface area contributed by atoms with E-state index in [0.717, 1.165) is 5.56 Å². The van der Waals surface area contributed by atoms with Crippen LogP contribution in [0.1, 0.15) is 28.5 Å². The summed E-state index contributed by atoms with van der Waals surface area (Å²) in [6.45, 7) is 1.86. The van der Waals surface area contributed by atoms with E-state index in [9.17, 15) is 18.0 Å². The van der Waals surface area contributed by atoms with Crippen molar-refractivity contribution in [1.82, 2.24) is 5.16 Å². The highest BCUT2D eigenvalue weighted by Gasteiger charge is 2.33. The Balaban J connectivity index is 2.00. The minimum Gasteiger partial charge on any atom is -0.461 e. The minimum atomic E-state index is -4.77. The van der Waals surface area contributed by atoms with Crippen molar-refractivity contribution in [3.05, 3.63) is 35.0 Å². The molecular weight excluding hydrogens is 315 g/mol. The predicted molar refractivity (Wildman–Crippen MR) is 72.0 cm³/mol. The van der Waals surface area contributed by atoms with Crippen LogP contribution in [0.25, 0.3) is 11.3 Å². The molecule has 1 aromatic heterocycles. The molecule has 0 spiro atoms. The zero-order valence-corrected chi connectivity index (χ0v) is 12.1. The fraction of sp³-hybridized carbons (Fsp3) is 0.333. The van der Waals surface area contributed by atoms with Gasteiger partial charge in [-0.3, -0.25) is 0 Å². The normalized spacial score (nSPS) is 13.2. The first-order chi connectivity index (χ1) is 10.9. The molecule has 0 bridgehead atoms. The molecule has 0 N–H and O–H groups in total. The van der Waals surface area contributed by atoms with Gasteiger partial charge in [-0.05, 0) is 37.5 Å². The molecule has 8 heteroatoms. The van der Waals surface area contributed by atoms with Crippen LogP contribution in [0.4, 0.5) is 13.2 Å². The summed E-state index contributed by atoms with van der Waals surface area (Å²) in [5.74, 6) is -0.677. The van der Waals surface area contributed by atoms with Gasteiger partial charge in [0.2, 0.25) is 0 Å². The van der Waals surface area contributed by atoms with Crippen LogP contribution >= 0.6 is 0 Å². The molecule has 1 aliphatic carbocycles. The molecule has 5 nitrogen and oxygen atoms in total. The minimum absolute atomic E-state index is 0.0645. The summed E-state index contributed by atoms with van der Waals surface area (Å²) < 4.78 is 51.0. The maximum absolute atomic E-state index is 12.3. The van der Waals surface area contributed by atoms with Gasteiger partial charge in [0.25, 0.3) is 0 Å². The van der Waals surface area contributed by atoms with Crippen LogP contribution < -0.4 is 4.74 Å². The summed E-state index contributed by atoms with van der Waals surface area (Å²) in [5.41, 5.74) is 1.85. The average molecular weight is 327 g/mol. The molecule has 1 aromatic carbocycles. The summed E-state index contributed by atoms with van der Waals surface area (Å²) >= 11 is 0. The number of benzene rings is 1. The smallest absolute Gasteiger partial charge is 0.461 e. The maximum Gasteiger partial charge on any atom is 0.573 e. The predicted octanol–water partition coefficient (Wildman–Crippen LogP) is 3.52. The summed E-state index contributed by atoms with van der Waals surface area (Å²) in [4.78, 5) is 11.8. The van der Waals surface area contributed by atoms with E-state index < -0.39 is 12.3 Å². The first kappa shape index (κ1) is 15.4. The van der Waals surface area contributed by atoms with E-state index in [2.05, 4.69) is 9.89 Å². The Kier molecular flexibility index (Phi) is 3.75. The highest BCUT2D eigenvalue weighted by Crippen LogP contribution is 2.38. The van der Waals surface area contributed by atoms with Crippen LogP contribution in [-0.2, 0) is 17.6 Å². The number of nitrogens with zero attached hydrogens (tertiary/aromatic N) is 1. The molecule has 0 unspecified atom stereocenters. The summed E-state index contributed by atoms with van der Waals surface area (Å²) in [5, 5.41) is 3.71. The number of alkyl halides is 3. The van der Waals surface area contributed by atoms with E-state index in [-0.39, 0.29) is 23.8 Å². The van der Waals surface area contributed by atoms with Gasteiger partial charge in [0, 0.05) is 11.1 Å². The van der Waals surface area contributed by atoms with E-state index >= 15 is 0 Å². The highest BCUT2D eigenvalue weighted by atomic mass is 19.4. The number of hydrogen-bond donors (Lipinski definition) is 0. The molecule has 3 rings (SSSR count). The van der Waals surface area contributed by atoms with Gasteiger partial charge in [0.1, 0.15) is 5.75 Å². The van der Waals surface area contributed by atoms with Gasteiger partial charge in [0.15, 0.2) is 11.5 Å². The fourth-order valence-electron chi connectivity index (χ4n) is 2.55. The van der Waals surface area contributed by atoms with Crippen LogP contribution in [0.5, 0.6) is 5.75 Å². The number of esters is 1. The second-order valence-electron chi connectivity index (χ2n) is 4.93. The van der Waals surface area contributed by atoms with Gasteiger partial charge in [-0.15, -0.1) is 13.2 Å². The standard InChI is InChI=1S/C15H12F3NO4/c1-2-21-14(20)12-10-6-4-8-3-5-9(22-15(16,17)18)7-11(8)13(10)23-19-12/h3,5,7H,2,4,6H2,1H3. The van der Waals surface area contributed by atoms with Crippen molar-refractivity contribution in [1.29, 1.82) is 0 Å². The molecule has 0 fully saturated rings. The lowest BCUT2D eigenvalue weighted by Gasteiger charge is -2.16. The van der Waals surface area contributed by atoms with Crippen molar-refractivity contribution in [3.63, 3.8) is 0 Å². The fourth-order valence-corrected chi connectivity index (χ4v) is 2.55. The third-order valence-electron chi connectivity index (χ3n) is 3.46. The summed E-state index contributed by atoms with van der Waals surface area (Å²) in [6, 6.07) is 4.03. The third-order valence-corrected chi connectivity index (χ3v) is 3.46. The van der Waals surface area contributed by atoms with E-state index in [1.165, 1.54) is 12.1 Å². The summed E-state index contributed by atoms with van der Waals surface area (Å²) in [7, 11) is 0. The largest absolute Gasteiger partial charge is 0.573 e. The van der Waals surface area contributed by atoms with Crippen LogP contribution in [0.3, 0.4) is 0 Å². The second-order valence-corrected chi connectivity index (χ2v) is 4.93. The van der Waals surface area contributed by atoms with Gasteiger partial charge in [0.05, 0.1) is 6.61 Å². The summed E-state index contributed by atoms with van der Waals surface area (Å²) in [6.07, 6.45) is -3.72. The Morgan fingerprint density at radius 3 is 2.83 bits per heavy atom. The Hall–Kier alpha value is -2.51. The number of rotatable bonds is 3. The topological polar surface area (TPSA) is 61.6 Å². The number of carbonyl (C=O) groups excluding carboxylic acids is 1. The zero-order valence-electron chi connectivity index (χ0n) is 12.1. The Bertz CT molecular complexity index is 752. The molecule has 0 atom stereocenters. The molecule has 1 aliphatic rings. The van der Waals surface area contributed by atoms with Crippen molar-refractivity contribution < 1.29 is 32.0 Å². The Morgan fingerprint density at radius 1 is 1.35 bits per heavy atom. The van der Waals surface area contributed by atoms with Crippen molar-refractivity contribution in [2.24, 2.45) is 0 Å². The first-order valence-electron chi connectivity index (χ1n) is 6.93. The highest BCUT2D eigenvalue weighted by molar-refractivity contribution is 5.91. The lowest BCUT2D eigenvalue weighted by atomic mass is 9.89. The Morgan fingerprint density at radius 2 is 2.13 bits per heavy atom. The van der Waals surface area contributed by atoms with Crippen molar-refractivity contribution in [2.45, 2.75) is 26.1 Å². The Labute approximate surface area is 129 Å². The average Bonchev–Trinajstić information content (AvgIpc) is 2.90. The number of aryl methyl sites for hydroxylation is 1. The third kappa shape index (κ3) is 3.01. The molecule has 0 radical (unpaired) electrons. The molecule has 1 heterocycles. The van der Waals surface area contributed by atoms with Gasteiger partial charge in [-0.2, -0.15) is 0 Å². The maximum atomic E-state index is 12.3. The van der Waals surface area contributed by atoms with Gasteiger partial charge >= 0.3 is 12.3 Å². The second kappa shape index (κ2) is 5.60. The van der Waals surface area contributed by atoms with E-state index in [0.29, 0.717) is 24.0 Å². The van der Waals surface area contributed by atoms with Crippen molar-refractivity contribution >= 4 is 5.97 Å². The van der Waals surface area contributed by atoms with Crippen LogP contribution in [0.15, 0.2) is 22.7 Å². The number of carbonyl (C=O) groups is 1. The lowest BCUT2D eigenvalue weighted by molar-refractivity contribution is -0.274. The number of fused-ring (bicyclic) bond motifs is 3. The van der Waals surface area contributed by atoms with E-state index in [1.54, 1.807) is 13.0 Å². The van der Waals surface area contributed by atoms with Gasteiger partial charge < -0.3 is 14.0 Å². The van der Waals surface area contributed by atoms with Crippen LogP contribution in [-0.4, -0.2) is 24.1 Å². The SMILES string of the molecule is CCOC(=O)c1noc2c1CCc1ccc(OC(F)(F)F)cc1-2. The molecule has 23 heavy (non-hydrogen) atoms.